The minimum absolute atomic E-state index is 0.461. The Kier molecular flexibility index (Phi) is 4.79. The summed E-state index contributed by atoms with van der Waals surface area (Å²) in [5.74, 6) is 3.41. The number of ether oxygens (including phenoxy) is 1. The average Bonchev–Trinajstić information content (AvgIpc) is 3.09. The first-order valence-corrected chi connectivity index (χ1v) is 7.48. The molecule has 2 aliphatic rings. The second-order valence-corrected chi connectivity index (χ2v) is 5.82. The van der Waals surface area contributed by atoms with Gasteiger partial charge in [-0.15, -0.1) is 0 Å². The lowest BCUT2D eigenvalue weighted by molar-refractivity contribution is 0.0443. The molecule has 0 aromatic heterocycles. The molecule has 2 rings (SSSR count). The molecule has 0 spiro atoms. The van der Waals surface area contributed by atoms with Crippen LogP contribution in [0, 0.1) is 5.92 Å². The van der Waals surface area contributed by atoms with Gasteiger partial charge in [-0.05, 0) is 25.3 Å². The van der Waals surface area contributed by atoms with Crippen LogP contribution in [-0.4, -0.2) is 36.8 Å². The first-order chi connectivity index (χ1) is 7.40. The highest BCUT2D eigenvalue weighted by Crippen LogP contribution is 2.34. The van der Waals surface area contributed by atoms with Crippen molar-refractivity contribution in [1.29, 1.82) is 0 Å². The second kappa shape index (κ2) is 6.12. The molecule has 0 bridgehead atoms. The second-order valence-electron chi connectivity index (χ2n) is 4.67. The Balaban J connectivity index is 1.74. The zero-order chi connectivity index (χ0) is 10.5. The molecule has 2 nitrogen and oxygen atoms in total. The molecule has 88 valence electrons. The van der Waals surface area contributed by atoms with Gasteiger partial charge in [0.25, 0.3) is 0 Å². The molecule has 1 aliphatic carbocycles. The van der Waals surface area contributed by atoms with Crippen molar-refractivity contribution < 1.29 is 4.74 Å². The zero-order valence-corrected chi connectivity index (χ0v) is 10.5. The van der Waals surface area contributed by atoms with E-state index >= 15 is 0 Å². The van der Waals surface area contributed by atoms with Crippen LogP contribution in [0.15, 0.2) is 0 Å². The van der Waals surface area contributed by atoms with Crippen LogP contribution in [0.3, 0.4) is 0 Å². The van der Waals surface area contributed by atoms with Crippen molar-refractivity contribution in [2.45, 2.75) is 44.8 Å². The van der Waals surface area contributed by atoms with E-state index in [-0.39, 0.29) is 0 Å². The Morgan fingerprint density at radius 3 is 2.93 bits per heavy atom. The minimum Gasteiger partial charge on any atom is -0.375 e. The molecule has 2 fully saturated rings. The summed E-state index contributed by atoms with van der Waals surface area (Å²) in [5.41, 5.74) is 0. The number of rotatable bonds is 6. The van der Waals surface area contributed by atoms with E-state index in [0.717, 1.165) is 19.1 Å². The van der Waals surface area contributed by atoms with Crippen LogP contribution in [0.5, 0.6) is 0 Å². The number of nitrogens with one attached hydrogen (secondary N) is 1. The molecule has 2 atom stereocenters. The van der Waals surface area contributed by atoms with Gasteiger partial charge in [-0.1, -0.05) is 19.8 Å². The third-order valence-corrected chi connectivity index (χ3v) is 4.36. The van der Waals surface area contributed by atoms with Gasteiger partial charge in [0, 0.05) is 17.5 Å². The van der Waals surface area contributed by atoms with Crippen LogP contribution in [0.4, 0.5) is 0 Å². The SMILES string of the molecule is CCNC(CCC1CC1)C1CSCCO1. The molecule has 0 radical (unpaired) electrons. The summed E-state index contributed by atoms with van der Waals surface area (Å²) in [6, 6.07) is 0.600. The van der Waals surface area contributed by atoms with Crippen LogP contribution < -0.4 is 5.32 Å². The Morgan fingerprint density at radius 2 is 2.33 bits per heavy atom. The Labute approximate surface area is 97.5 Å². The molecule has 1 heterocycles. The normalized spacial score (nSPS) is 29.0. The lowest BCUT2D eigenvalue weighted by Gasteiger charge is -2.30. The average molecular weight is 229 g/mol. The number of thioether (sulfide) groups is 1. The Morgan fingerprint density at radius 1 is 1.47 bits per heavy atom. The quantitative estimate of drug-likeness (QED) is 0.755. The van der Waals surface area contributed by atoms with E-state index in [0.29, 0.717) is 12.1 Å². The summed E-state index contributed by atoms with van der Waals surface area (Å²) in [6.45, 7) is 4.21. The van der Waals surface area contributed by atoms with Gasteiger partial charge in [-0.2, -0.15) is 11.8 Å². The van der Waals surface area contributed by atoms with Crippen molar-refractivity contribution in [2.24, 2.45) is 5.92 Å². The summed E-state index contributed by atoms with van der Waals surface area (Å²) < 4.78 is 5.86. The molecule has 1 saturated carbocycles. The predicted molar refractivity (Wildman–Crippen MR) is 66.5 cm³/mol. The van der Waals surface area contributed by atoms with Crippen molar-refractivity contribution in [1.82, 2.24) is 5.32 Å². The molecule has 2 unspecified atom stereocenters. The van der Waals surface area contributed by atoms with Crippen molar-refractivity contribution in [3.8, 4) is 0 Å². The van der Waals surface area contributed by atoms with Gasteiger partial charge in [0.05, 0.1) is 12.7 Å². The van der Waals surface area contributed by atoms with Crippen molar-refractivity contribution in [3.63, 3.8) is 0 Å². The number of likely N-dealkylation sites (N-methyl/N-ethyl adjacent to an activating group) is 1. The predicted octanol–water partition coefficient (Wildman–Crippen LogP) is 2.29. The summed E-state index contributed by atoms with van der Waals surface area (Å²) in [7, 11) is 0. The van der Waals surface area contributed by atoms with Gasteiger partial charge < -0.3 is 10.1 Å². The smallest absolute Gasteiger partial charge is 0.0818 e. The maximum absolute atomic E-state index is 5.86. The van der Waals surface area contributed by atoms with E-state index in [1.807, 2.05) is 11.8 Å². The monoisotopic (exact) mass is 229 g/mol. The molecule has 1 N–H and O–H groups in total. The molecule has 15 heavy (non-hydrogen) atoms. The van der Waals surface area contributed by atoms with Crippen molar-refractivity contribution in [3.05, 3.63) is 0 Å². The maximum Gasteiger partial charge on any atom is 0.0818 e. The topological polar surface area (TPSA) is 21.3 Å². The van der Waals surface area contributed by atoms with Gasteiger partial charge in [-0.3, -0.25) is 0 Å². The maximum atomic E-state index is 5.86. The van der Waals surface area contributed by atoms with E-state index < -0.39 is 0 Å². The largest absolute Gasteiger partial charge is 0.375 e. The van der Waals surface area contributed by atoms with Crippen molar-refractivity contribution >= 4 is 11.8 Å². The van der Waals surface area contributed by atoms with Crippen LogP contribution in [0.2, 0.25) is 0 Å². The van der Waals surface area contributed by atoms with Gasteiger partial charge in [-0.25, -0.2) is 0 Å². The van der Waals surface area contributed by atoms with E-state index in [1.165, 1.54) is 37.2 Å². The summed E-state index contributed by atoms with van der Waals surface area (Å²) in [4.78, 5) is 0. The summed E-state index contributed by atoms with van der Waals surface area (Å²) in [6.07, 6.45) is 6.12. The molecule has 0 aromatic rings. The zero-order valence-electron chi connectivity index (χ0n) is 9.71. The third kappa shape index (κ3) is 3.97. The number of hydrogen-bond donors (Lipinski definition) is 1. The number of hydrogen-bond acceptors (Lipinski definition) is 3. The molecule has 1 saturated heterocycles. The van der Waals surface area contributed by atoms with Crippen molar-refractivity contribution in [2.75, 3.05) is 24.7 Å². The fourth-order valence-electron chi connectivity index (χ4n) is 2.24. The first kappa shape index (κ1) is 11.7. The lowest BCUT2D eigenvalue weighted by Crippen LogP contribution is -2.44. The third-order valence-electron chi connectivity index (χ3n) is 3.34. The molecular weight excluding hydrogens is 206 g/mol. The molecule has 0 aromatic carbocycles. The van der Waals surface area contributed by atoms with E-state index in [4.69, 9.17) is 4.74 Å². The summed E-state index contributed by atoms with van der Waals surface area (Å²) in [5, 5.41) is 3.60. The highest BCUT2D eigenvalue weighted by Gasteiger charge is 2.27. The fraction of sp³-hybridized carbons (Fsp3) is 1.00. The highest BCUT2D eigenvalue weighted by molar-refractivity contribution is 7.99. The first-order valence-electron chi connectivity index (χ1n) is 6.33. The highest BCUT2D eigenvalue weighted by atomic mass is 32.2. The van der Waals surface area contributed by atoms with E-state index in [2.05, 4.69) is 12.2 Å². The van der Waals surface area contributed by atoms with Gasteiger partial charge in [0.15, 0.2) is 0 Å². The Hall–Kier alpha value is 0.270. The van der Waals surface area contributed by atoms with Gasteiger partial charge in [0.1, 0.15) is 0 Å². The lowest BCUT2D eigenvalue weighted by atomic mass is 10.0. The van der Waals surface area contributed by atoms with E-state index in [9.17, 15) is 0 Å². The van der Waals surface area contributed by atoms with Gasteiger partial charge in [0.2, 0.25) is 0 Å². The van der Waals surface area contributed by atoms with Crippen LogP contribution in [-0.2, 0) is 4.74 Å². The van der Waals surface area contributed by atoms with Gasteiger partial charge >= 0.3 is 0 Å². The Bertz CT molecular complexity index is 178. The minimum atomic E-state index is 0.461. The summed E-state index contributed by atoms with van der Waals surface area (Å²) >= 11 is 2.04. The standard InChI is InChI=1S/C12H23NOS/c1-2-13-11(6-5-10-3-4-10)12-9-15-8-7-14-12/h10-13H,2-9H2,1H3. The molecule has 1 aliphatic heterocycles. The molecular formula is C12H23NOS. The molecule has 3 heteroatoms. The fourth-order valence-corrected chi connectivity index (χ4v) is 3.18. The van der Waals surface area contributed by atoms with Crippen LogP contribution in [0.1, 0.15) is 32.6 Å². The van der Waals surface area contributed by atoms with Crippen LogP contribution in [0.25, 0.3) is 0 Å². The molecule has 0 amide bonds. The van der Waals surface area contributed by atoms with E-state index in [1.54, 1.807) is 0 Å². The van der Waals surface area contributed by atoms with Crippen LogP contribution >= 0.6 is 11.8 Å².